The molecule has 5 nitrogen and oxygen atoms in total. The number of aromatic nitrogens is 2. The van der Waals surface area contributed by atoms with E-state index in [-0.39, 0.29) is 6.61 Å². The van der Waals surface area contributed by atoms with Gasteiger partial charge >= 0.3 is 5.97 Å². The van der Waals surface area contributed by atoms with Gasteiger partial charge in [0.25, 0.3) is 0 Å². The van der Waals surface area contributed by atoms with Gasteiger partial charge in [0.05, 0.1) is 16.0 Å². The Balaban J connectivity index is 2.05. The summed E-state index contributed by atoms with van der Waals surface area (Å²) in [5.41, 5.74) is 2.49. The van der Waals surface area contributed by atoms with Crippen LogP contribution in [0.2, 0.25) is 0 Å². The summed E-state index contributed by atoms with van der Waals surface area (Å²) < 4.78 is 6.69. The summed E-state index contributed by atoms with van der Waals surface area (Å²) in [5, 5.41) is 8.72. The van der Waals surface area contributed by atoms with E-state index in [9.17, 15) is 4.79 Å². The summed E-state index contributed by atoms with van der Waals surface area (Å²) in [6.07, 6.45) is 3.24. The third kappa shape index (κ3) is 2.52. The van der Waals surface area contributed by atoms with E-state index in [0.717, 1.165) is 4.88 Å². The zero-order chi connectivity index (χ0) is 12.3. The maximum atomic E-state index is 11.7. The van der Waals surface area contributed by atoms with Gasteiger partial charge < -0.3 is 9.30 Å². The molecule has 0 amide bonds. The number of hydrogen-bond donors (Lipinski definition) is 0. The Bertz CT molecular complexity index is 566. The fraction of sp³-hybridized carbons (Fsp3) is 0.182. The summed E-state index contributed by atoms with van der Waals surface area (Å²) in [6.45, 7) is 0.205. The summed E-state index contributed by atoms with van der Waals surface area (Å²) in [6, 6.07) is 3.49. The molecule has 86 valence electrons. The molecular weight excluding hydrogens is 238 g/mol. The topological polar surface area (TPSA) is 67.9 Å². The Morgan fingerprint density at radius 1 is 1.71 bits per heavy atom. The van der Waals surface area contributed by atoms with Crippen molar-refractivity contribution in [2.45, 2.75) is 6.61 Å². The SMILES string of the molecule is Cn1cc(C#N)cc1C(=O)OCc1cncs1. The third-order valence-electron chi connectivity index (χ3n) is 2.17. The molecule has 0 radical (unpaired) electrons. The van der Waals surface area contributed by atoms with Gasteiger partial charge in [0.15, 0.2) is 0 Å². The smallest absolute Gasteiger partial charge is 0.355 e. The molecule has 0 spiro atoms. The number of ether oxygens (including phenoxy) is 1. The van der Waals surface area contributed by atoms with Crippen molar-refractivity contribution >= 4 is 17.3 Å². The van der Waals surface area contributed by atoms with Gasteiger partial charge in [-0.3, -0.25) is 4.98 Å². The standard InChI is InChI=1S/C11H9N3O2S/c1-14-5-8(3-12)2-10(14)11(15)16-6-9-4-13-7-17-9/h2,4-5,7H,6H2,1H3. The molecule has 0 atom stereocenters. The lowest BCUT2D eigenvalue weighted by molar-refractivity contribution is 0.0465. The molecule has 0 fully saturated rings. The number of nitrogens with zero attached hydrogens (tertiary/aromatic N) is 3. The van der Waals surface area contributed by atoms with Crippen LogP contribution in [-0.4, -0.2) is 15.5 Å². The minimum absolute atomic E-state index is 0.205. The molecule has 6 heteroatoms. The Labute approximate surface area is 102 Å². The highest BCUT2D eigenvalue weighted by molar-refractivity contribution is 7.09. The minimum Gasteiger partial charge on any atom is -0.455 e. The van der Waals surface area contributed by atoms with Crippen LogP contribution in [0.5, 0.6) is 0 Å². The Morgan fingerprint density at radius 2 is 2.53 bits per heavy atom. The number of nitriles is 1. The van der Waals surface area contributed by atoms with E-state index in [1.807, 2.05) is 6.07 Å². The van der Waals surface area contributed by atoms with Crippen LogP contribution < -0.4 is 0 Å². The van der Waals surface area contributed by atoms with Crippen molar-refractivity contribution in [3.05, 3.63) is 40.1 Å². The van der Waals surface area contributed by atoms with Crippen molar-refractivity contribution in [3.8, 4) is 6.07 Å². The predicted octanol–water partition coefficient (Wildman–Crippen LogP) is 1.71. The highest BCUT2D eigenvalue weighted by Gasteiger charge is 2.13. The van der Waals surface area contributed by atoms with Gasteiger partial charge in [-0.15, -0.1) is 11.3 Å². The third-order valence-corrected chi connectivity index (χ3v) is 2.93. The van der Waals surface area contributed by atoms with Crippen LogP contribution in [0, 0.1) is 11.3 Å². The van der Waals surface area contributed by atoms with Crippen LogP contribution in [0.4, 0.5) is 0 Å². The lowest BCUT2D eigenvalue weighted by Gasteiger charge is -2.03. The average molecular weight is 247 g/mol. The average Bonchev–Trinajstić information content (AvgIpc) is 2.94. The molecule has 0 saturated heterocycles. The molecule has 17 heavy (non-hydrogen) atoms. The van der Waals surface area contributed by atoms with Gasteiger partial charge in [-0.25, -0.2) is 4.79 Å². The molecule has 0 unspecified atom stereocenters. The number of aryl methyl sites for hydroxylation is 1. The number of carbonyl (C=O) groups excluding carboxylic acids is 1. The van der Waals surface area contributed by atoms with E-state index >= 15 is 0 Å². The molecule has 0 aliphatic rings. The van der Waals surface area contributed by atoms with Gasteiger partial charge in [0, 0.05) is 19.4 Å². The predicted molar refractivity (Wildman–Crippen MR) is 61.4 cm³/mol. The maximum absolute atomic E-state index is 11.7. The summed E-state index contributed by atoms with van der Waals surface area (Å²) in [7, 11) is 1.70. The summed E-state index contributed by atoms with van der Waals surface area (Å²) in [4.78, 5) is 16.5. The number of thiazole rings is 1. The highest BCUT2D eigenvalue weighted by atomic mass is 32.1. The van der Waals surface area contributed by atoms with Gasteiger partial charge in [-0.05, 0) is 6.07 Å². The van der Waals surface area contributed by atoms with E-state index in [1.54, 1.807) is 29.5 Å². The van der Waals surface area contributed by atoms with Crippen molar-refractivity contribution in [3.63, 3.8) is 0 Å². The molecule has 0 N–H and O–H groups in total. The van der Waals surface area contributed by atoms with Gasteiger partial charge in [-0.2, -0.15) is 5.26 Å². The van der Waals surface area contributed by atoms with Crippen LogP contribution in [0.15, 0.2) is 24.0 Å². The minimum atomic E-state index is -0.442. The quantitative estimate of drug-likeness (QED) is 0.774. The van der Waals surface area contributed by atoms with Crippen LogP contribution in [0.1, 0.15) is 20.9 Å². The molecular formula is C11H9N3O2S. The van der Waals surface area contributed by atoms with Crippen molar-refractivity contribution < 1.29 is 9.53 Å². The second-order valence-corrected chi connectivity index (χ2v) is 4.35. The first kappa shape index (κ1) is 11.4. The van der Waals surface area contributed by atoms with E-state index < -0.39 is 5.97 Å². The molecule has 2 rings (SSSR count). The second-order valence-electron chi connectivity index (χ2n) is 3.38. The fourth-order valence-electron chi connectivity index (χ4n) is 1.35. The van der Waals surface area contributed by atoms with Crippen LogP contribution in [-0.2, 0) is 18.4 Å². The molecule has 2 aromatic heterocycles. The van der Waals surface area contributed by atoms with Gasteiger partial charge in [-0.1, -0.05) is 0 Å². The summed E-state index contributed by atoms with van der Waals surface area (Å²) >= 11 is 1.43. The molecule has 2 aromatic rings. The van der Waals surface area contributed by atoms with Crippen molar-refractivity contribution in [2.75, 3.05) is 0 Å². The maximum Gasteiger partial charge on any atom is 0.355 e. The zero-order valence-electron chi connectivity index (χ0n) is 9.08. The molecule has 0 aliphatic heterocycles. The summed E-state index contributed by atoms with van der Waals surface area (Å²) in [5.74, 6) is -0.442. The van der Waals surface area contributed by atoms with Crippen molar-refractivity contribution in [1.82, 2.24) is 9.55 Å². The number of rotatable bonds is 3. The first-order valence-corrected chi connectivity index (χ1v) is 5.69. The van der Waals surface area contributed by atoms with E-state index in [4.69, 9.17) is 10.00 Å². The Hall–Kier alpha value is -2.13. The van der Waals surface area contributed by atoms with Gasteiger partial charge in [0.2, 0.25) is 0 Å². The molecule has 0 bridgehead atoms. The van der Waals surface area contributed by atoms with Crippen LogP contribution in [0.3, 0.4) is 0 Å². The number of carbonyl (C=O) groups is 1. The van der Waals surface area contributed by atoms with E-state index in [1.165, 1.54) is 17.4 Å². The van der Waals surface area contributed by atoms with Crippen LogP contribution in [0.25, 0.3) is 0 Å². The first-order valence-electron chi connectivity index (χ1n) is 4.81. The molecule has 2 heterocycles. The molecule has 0 aromatic carbocycles. The Morgan fingerprint density at radius 3 is 3.12 bits per heavy atom. The van der Waals surface area contributed by atoms with E-state index in [0.29, 0.717) is 11.3 Å². The zero-order valence-corrected chi connectivity index (χ0v) is 9.90. The highest BCUT2D eigenvalue weighted by Crippen LogP contribution is 2.11. The molecule has 0 aliphatic carbocycles. The fourth-order valence-corrected chi connectivity index (χ4v) is 1.86. The van der Waals surface area contributed by atoms with Crippen molar-refractivity contribution in [1.29, 1.82) is 5.26 Å². The normalized spacial score (nSPS) is 9.88. The lowest BCUT2D eigenvalue weighted by Crippen LogP contribution is -2.09. The molecule has 0 saturated carbocycles. The first-order chi connectivity index (χ1) is 8.20. The van der Waals surface area contributed by atoms with Gasteiger partial charge in [0.1, 0.15) is 18.4 Å². The number of esters is 1. The lowest BCUT2D eigenvalue weighted by atomic mass is 10.3. The number of hydrogen-bond acceptors (Lipinski definition) is 5. The van der Waals surface area contributed by atoms with Crippen LogP contribution >= 0.6 is 11.3 Å². The van der Waals surface area contributed by atoms with E-state index in [2.05, 4.69) is 4.98 Å². The second kappa shape index (κ2) is 4.80. The van der Waals surface area contributed by atoms with Crippen molar-refractivity contribution in [2.24, 2.45) is 7.05 Å². The Kier molecular flexibility index (Phi) is 3.21. The monoisotopic (exact) mass is 247 g/mol. The largest absolute Gasteiger partial charge is 0.455 e.